The zero-order chi connectivity index (χ0) is 19.5. The Balaban J connectivity index is 1.41. The van der Waals surface area contributed by atoms with E-state index in [9.17, 15) is 8.78 Å². The maximum atomic E-state index is 13.7. The lowest BCUT2D eigenvalue weighted by atomic mass is 10.2. The topological polar surface area (TPSA) is 57.2 Å². The predicted octanol–water partition coefficient (Wildman–Crippen LogP) is 2.50. The van der Waals surface area contributed by atoms with E-state index < -0.39 is 11.6 Å². The van der Waals surface area contributed by atoms with Gasteiger partial charge in [-0.2, -0.15) is 0 Å². The van der Waals surface area contributed by atoms with E-state index in [0.717, 1.165) is 17.7 Å². The van der Waals surface area contributed by atoms with E-state index in [-0.39, 0.29) is 0 Å². The molecule has 0 radical (unpaired) electrons. The fourth-order valence-corrected chi connectivity index (χ4v) is 3.46. The summed E-state index contributed by atoms with van der Waals surface area (Å²) < 4.78 is 27.2. The molecule has 2 aromatic heterocycles. The molecule has 1 saturated heterocycles. The smallest absolute Gasteiger partial charge is 0.169 e. The van der Waals surface area contributed by atoms with Crippen LogP contribution in [0.5, 0.6) is 0 Å². The molecule has 0 amide bonds. The third-order valence-corrected chi connectivity index (χ3v) is 5.09. The van der Waals surface area contributed by atoms with Gasteiger partial charge < -0.3 is 15.1 Å². The minimum Gasteiger partial charge on any atom is -0.358 e. The maximum absolute atomic E-state index is 13.7. The summed E-state index contributed by atoms with van der Waals surface area (Å²) in [5.41, 5.74) is 1.45. The van der Waals surface area contributed by atoms with Crippen LogP contribution in [0, 0.1) is 11.6 Å². The van der Waals surface area contributed by atoms with Gasteiger partial charge in [0.1, 0.15) is 12.1 Å². The molecule has 0 aliphatic carbocycles. The predicted molar refractivity (Wildman–Crippen MR) is 107 cm³/mol. The SMILES string of the molecule is Fc1cc2ncnc(N3CCN(C(=S)NCc4cccnc4)CC3)c2cc1F. The standard InChI is InChI=1S/C19H18F2N6S/c20-15-8-14-17(9-16(15)21)24-12-25-18(14)26-4-6-27(7-5-26)19(28)23-11-13-2-1-3-22-10-13/h1-3,8-10,12H,4-7,11H2,(H,23,28). The van der Waals surface area contributed by atoms with Gasteiger partial charge in [-0.25, -0.2) is 18.7 Å². The minimum absolute atomic E-state index is 0.389. The van der Waals surface area contributed by atoms with E-state index in [4.69, 9.17) is 12.2 Å². The van der Waals surface area contributed by atoms with E-state index >= 15 is 0 Å². The van der Waals surface area contributed by atoms with Gasteiger partial charge in [0.05, 0.1) is 5.52 Å². The van der Waals surface area contributed by atoms with Crippen LogP contribution >= 0.6 is 12.2 Å². The summed E-state index contributed by atoms with van der Waals surface area (Å²) in [6, 6.07) is 6.14. The Bertz CT molecular complexity index is 992. The summed E-state index contributed by atoms with van der Waals surface area (Å²) in [4.78, 5) is 16.6. The Morgan fingerprint density at radius 1 is 1.11 bits per heavy atom. The number of anilines is 1. The summed E-state index contributed by atoms with van der Waals surface area (Å²) in [5.74, 6) is -1.20. The number of nitrogens with one attached hydrogen (secondary N) is 1. The molecule has 3 heterocycles. The van der Waals surface area contributed by atoms with E-state index in [1.54, 1.807) is 12.4 Å². The largest absolute Gasteiger partial charge is 0.358 e. The Morgan fingerprint density at radius 2 is 1.89 bits per heavy atom. The quantitative estimate of drug-likeness (QED) is 0.678. The molecule has 1 N–H and O–H groups in total. The molecule has 0 atom stereocenters. The van der Waals surface area contributed by atoms with Crippen LogP contribution in [0.2, 0.25) is 0 Å². The third kappa shape index (κ3) is 3.84. The van der Waals surface area contributed by atoms with Gasteiger partial charge in [-0.05, 0) is 29.9 Å². The first-order valence-electron chi connectivity index (χ1n) is 8.88. The number of fused-ring (bicyclic) bond motifs is 1. The van der Waals surface area contributed by atoms with Gasteiger partial charge >= 0.3 is 0 Å². The van der Waals surface area contributed by atoms with Crippen molar-refractivity contribution in [2.24, 2.45) is 0 Å². The number of hydrogen-bond acceptors (Lipinski definition) is 5. The summed E-state index contributed by atoms with van der Waals surface area (Å²) in [6.45, 7) is 3.36. The summed E-state index contributed by atoms with van der Waals surface area (Å²) in [6.07, 6.45) is 4.91. The zero-order valence-corrected chi connectivity index (χ0v) is 15.8. The molecule has 4 rings (SSSR count). The van der Waals surface area contributed by atoms with Crippen LogP contribution < -0.4 is 10.2 Å². The molecule has 0 bridgehead atoms. The number of hydrogen-bond donors (Lipinski definition) is 1. The molecule has 1 fully saturated rings. The van der Waals surface area contributed by atoms with Crippen molar-refractivity contribution in [1.29, 1.82) is 0 Å². The summed E-state index contributed by atoms with van der Waals surface area (Å²) in [5, 5.41) is 4.44. The lowest BCUT2D eigenvalue weighted by molar-refractivity contribution is 0.379. The van der Waals surface area contributed by atoms with Crippen LogP contribution in [0.4, 0.5) is 14.6 Å². The second-order valence-corrected chi connectivity index (χ2v) is 6.86. The molecule has 144 valence electrons. The summed E-state index contributed by atoms with van der Waals surface area (Å²) in [7, 11) is 0. The number of halogens is 2. The van der Waals surface area contributed by atoms with Crippen LogP contribution in [-0.4, -0.2) is 51.1 Å². The van der Waals surface area contributed by atoms with Crippen molar-refractivity contribution < 1.29 is 8.78 Å². The highest BCUT2D eigenvalue weighted by Gasteiger charge is 2.22. The van der Waals surface area contributed by atoms with Crippen molar-refractivity contribution in [1.82, 2.24) is 25.2 Å². The van der Waals surface area contributed by atoms with Crippen LogP contribution in [0.1, 0.15) is 5.56 Å². The number of pyridine rings is 1. The number of benzene rings is 1. The van der Waals surface area contributed by atoms with E-state index in [1.807, 2.05) is 17.0 Å². The number of thiocarbonyl (C=S) groups is 1. The number of rotatable bonds is 3. The Labute approximate surface area is 166 Å². The molecular formula is C19H18F2N6S. The highest BCUT2D eigenvalue weighted by Crippen LogP contribution is 2.26. The first-order valence-corrected chi connectivity index (χ1v) is 9.29. The molecule has 1 aromatic carbocycles. The van der Waals surface area contributed by atoms with Gasteiger partial charge in [0.2, 0.25) is 0 Å². The van der Waals surface area contributed by atoms with Gasteiger partial charge in [0, 0.05) is 56.6 Å². The monoisotopic (exact) mass is 400 g/mol. The van der Waals surface area contributed by atoms with Gasteiger partial charge in [-0.3, -0.25) is 4.98 Å². The maximum Gasteiger partial charge on any atom is 0.169 e. The molecule has 0 spiro atoms. The first-order chi connectivity index (χ1) is 13.6. The van der Waals surface area contributed by atoms with E-state index in [0.29, 0.717) is 54.6 Å². The molecular weight excluding hydrogens is 382 g/mol. The molecule has 0 saturated carbocycles. The lowest BCUT2D eigenvalue weighted by Crippen LogP contribution is -2.51. The number of nitrogens with zero attached hydrogens (tertiary/aromatic N) is 5. The Kier molecular flexibility index (Phi) is 5.25. The fourth-order valence-electron chi connectivity index (χ4n) is 3.20. The van der Waals surface area contributed by atoms with Crippen molar-refractivity contribution in [2.75, 3.05) is 31.1 Å². The molecule has 9 heteroatoms. The molecule has 1 aliphatic heterocycles. The average Bonchev–Trinajstić information content (AvgIpc) is 2.73. The van der Waals surface area contributed by atoms with E-state index in [2.05, 4.69) is 25.2 Å². The molecule has 0 unspecified atom stereocenters. The molecule has 6 nitrogen and oxygen atoms in total. The van der Waals surface area contributed by atoms with Crippen molar-refractivity contribution in [3.63, 3.8) is 0 Å². The first kappa shape index (κ1) is 18.4. The third-order valence-electron chi connectivity index (χ3n) is 4.69. The van der Waals surface area contributed by atoms with Crippen LogP contribution in [0.3, 0.4) is 0 Å². The fraction of sp³-hybridized carbons (Fsp3) is 0.263. The van der Waals surface area contributed by atoms with E-state index in [1.165, 1.54) is 6.33 Å². The molecule has 1 aliphatic rings. The van der Waals surface area contributed by atoms with Crippen LogP contribution in [-0.2, 0) is 6.54 Å². The van der Waals surface area contributed by atoms with Gasteiger partial charge in [0.15, 0.2) is 16.7 Å². The minimum atomic E-state index is -0.910. The Hall–Kier alpha value is -2.94. The normalized spacial score (nSPS) is 14.4. The zero-order valence-electron chi connectivity index (χ0n) is 15.0. The average molecular weight is 400 g/mol. The summed E-state index contributed by atoms with van der Waals surface area (Å²) >= 11 is 5.50. The van der Waals surface area contributed by atoms with Gasteiger partial charge in [-0.1, -0.05) is 6.07 Å². The second-order valence-electron chi connectivity index (χ2n) is 6.47. The van der Waals surface area contributed by atoms with Crippen molar-refractivity contribution >= 4 is 34.1 Å². The highest BCUT2D eigenvalue weighted by atomic mass is 32.1. The molecule has 28 heavy (non-hydrogen) atoms. The van der Waals surface area contributed by atoms with Gasteiger partial charge in [-0.15, -0.1) is 0 Å². The van der Waals surface area contributed by atoms with Crippen molar-refractivity contribution in [3.8, 4) is 0 Å². The Morgan fingerprint density at radius 3 is 2.64 bits per heavy atom. The molecule has 3 aromatic rings. The van der Waals surface area contributed by atoms with Crippen LogP contribution in [0.15, 0.2) is 43.0 Å². The number of aromatic nitrogens is 3. The van der Waals surface area contributed by atoms with Crippen molar-refractivity contribution in [3.05, 3.63) is 60.2 Å². The highest BCUT2D eigenvalue weighted by molar-refractivity contribution is 7.80. The number of piperazine rings is 1. The van der Waals surface area contributed by atoms with Crippen LogP contribution in [0.25, 0.3) is 10.9 Å². The second kappa shape index (κ2) is 7.97. The van der Waals surface area contributed by atoms with Gasteiger partial charge in [0.25, 0.3) is 0 Å². The van der Waals surface area contributed by atoms with Crippen molar-refractivity contribution in [2.45, 2.75) is 6.54 Å². The lowest BCUT2D eigenvalue weighted by Gasteiger charge is -2.37.